The van der Waals surface area contributed by atoms with Gasteiger partial charge in [0, 0.05) is 11.4 Å². The first-order valence-electron chi connectivity index (χ1n) is 6.07. The van der Waals surface area contributed by atoms with Gasteiger partial charge in [-0.3, -0.25) is 4.79 Å². The molecule has 0 heterocycles. The Kier molecular flexibility index (Phi) is 4.63. The SMILES string of the molecule is O=C(NC1CCC(Cl)CC1)c1cc(F)c(Cl)cc1F. The molecule has 0 bridgehead atoms. The molecule has 1 aromatic rings. The van der Waals surface area contributed by atoms with Crippen molar-refractivity contribution in [2.75, 3.05) is 0 Å². The van der Waals surface area contributed by atoms with Gasteiger partial charge in [-0.1, -0.05) is 11.6 Å². The quantitative estimate of drug-likeness (QED) is 0.651. The number of amides is 1. The third-order valence-electron chi connectivity index (χ3n) is 3.25. The van der Waals surface area contributed by atoms with Crippen molar-refractivity contribution in [3.8, 4) is 0 Å². The Labute approximate surface area is 120 Å². The summed E-state index contributed by atoms with van der Waals surface area (Å²) in [5.74, 6) is -2.25. The van der Waals surface area contributed by atoms with Crippen molar-refractivity contribution in [2.45, 2.75) is 37.1 Å². The first kappa shape index (κ1) is 14.5. The molecule has 19 heavy (non-hydrogen) atoms. The lowest BCUT2D eigenvalue weighted by Gasteiger charge is -2.25. The van der Waals surface area contributed by atoms with Gasteiger partial charge in [0.15, 0.2) is 0 Å². The van der Waals surface area contributed by atoms with Crippen molar-refractivity contribution in [3.63, 3.8) is 0 Å². The molecule has 0 aromatic heterocycles. The standard InChI is InChI=1S/C13H13Cl2F2NO/c14-7-1-3-8(4-2-7)18-13(19)9-5-12(17)10(15)6-11(9)16/h5-8H,1-4H2,(H,18,19). The number of hydrogen-bond donors (Lipinski definition) is 1. The Hall–Kier alpha value is -0.870. The third-order valence-corrected chi connectivity index (χ3v) is 3.97. The number of rotatable bonds is 2. The summed E-state index contributed by atoms with van der Waals surface area (Å²) < 4.78 is 26.8. The van der Waals surface area contributed by atoms with Gasteiger partial charge >= 0.3 is 0 Å². The predicted molar refractivity (Wildman–Crippen MR) is 70.7 cm³/mol. The highest BCUT2D eigenvalue weighted by molar-refractivity contribution is 6.30. The topological polar surface area (TPSA) is 29.1 Å². The van der Waals surface area contributed by atoms with Crippen molar-refractivity contribution in [1.82, 2.24) is 5.32 Å². The van der Waals surface area contributed by atoms with Gasteiger partial charge in [-0.2, -0.15) is 0 Å². The fraction of sp³-hybridized carbons (Fsp3) is 0.462. The van der Waals surface area contributed by atoms with E-state index in [2.05, 4.69) is 5.32 Å². The van der Waals surface area contributed by atoms with Gasteiger partial charge in [-0.05, 0) is 37.8 Å². The number of nitrogens with one attached hydrogen (secondary N) is 1. The molecule has 0 radical (unpaired) electrons. The highest BCUT2D eigenvalue weighted by Gasteiger charge is 2.23. The van der Waals surface area contributed by atoms with Gasteiger partial charge in [0.05, 0.1) is 10.6 Å². The third kappa shape index (κ3) is 3.57. The second kappa shape index (κ2) is 6.06. The Morgan fingerprint density at radius 3 is 2.42 bits per heavy atom. The maximum atomic E-state index is 13.6. The average Bonchev–Trinajstić information content (AvgIpc) is 2.36. The van der Waals surface area contributed by atoms with Crippen LogP contribution in [0.1, 0.15) is 36.0 Å². The second-order valence-corrected chi connectivity index (χ2v) is 5.69. The Morgan fingerprint density at radius 1 is 1.16 bits per heavy atom. The van der Waals surface area contributed by atoms with Crippen molar-refractivity contribution < 1.29 is 13.6 Å². The number of alkyl halides is 1. The van der Waals surface area contributed by atoms with Crippen LogP contribution in [0, 0.1) is 11.6 Å². The van der Waals surface area contributed by atoms with Gasteiger partial charge in [0.25, 0.3) is 5.91 Å². The van der Waals surface area contributed by atoms with Gasteiger partial charge in [-0.15, -0.1) is 11.6 Å². The largest absolute Gasteiger partial charge is 0.349 e. The molecular formula is C13H13Cl2F2NO. The van der Waals surface area contributed by atoms with Crippen molar-refractivity contribution in [1.29, 1.82) is 0 Å². The maximum absolute atomic E-state index is 13.6. The van der Waals surface area contributed by atoms with Gasteiger partial charge in [0.1, 0.15) is 11.6 Å². The van der Waals surface area contributed by atoms with E-state index >= 15 is 0 Å². The molecular weight excluding hydrogens is 295 g/mol. The van der Waals surface area contributed by atoms with Gasteiger partial charge in [0.2, 0.25) is 0 Å². The van der Waals surface area contributed by atoms with E-state index in [9.17, 15) is 13.6 Å². The Bertz CT molecular complexity index is 488. The zero-order valence-electron chi connectivity index (χ0n) is 10.1. The molecule has 1 aliphatic rings. The number of benzene rings is 1. The van der Waals surface area contributed by atoms with Crippen LogP contribution in [-0.2, 0) is 0 Å². The Balaban J connectivity index is 2.06. The molecule has 1 aliphatic carbocycles. The van der Waals surface area contributed by atoms with E-state index in [-0.39, 0.29) is 22.0 Å². The van der Waals surface area contributed by atoms with E-state index in [1.807, 2.05) is 0 Å². The number of carbonyl (C=O) groups is 1. The molecule has 0 aliphatic heterocycles. The average molecular weight is 308 g/mol. The lowest BCUT2D eigenvalue weighted by molar-refractivity contribution is 0.0923. The van der Waals surface area contributed by atoms with E-state index < -0.39 is 17.5 Å². The van der Waals surface area contributed by atoms with Crippen LogP contribution in [0.4, 0.5) is 8.78 Å². The molecule has 1 fully saturated rings. The van der Waals surface area contributed by atoms with Crippen LogP contribution in [0.2, 0.25) is 5.02 Å². The summed E-state index contributed by atoms with van der Waals surface area (Å²) in [6, 6.07) is 1.59. The van der Waals surface area contributed by atoms with E-state index in [0.29, 0.717) is 0 Å². The molecule has 2 nitrogen and oxygen atoms in total. The van der Waals surface area contributed by atoms with Crippen molar-refractivity contribution in [2.24, 2.45) is 0 Å². The smallest absolute Gasteiger partial charge is 0.254 e. The lowest BCUT2D eigenvalue weighted by atomic mass is 9.95. The van der Waals surface area contributed by atoms with Crippen LogP contribution in [-0.4, -0.2) is 17.3 Å². The van der Waals surface area contributed by atoms with Crippen LogP contribution in [0.15, 0.2) is 12.1 Å². The van der Waals surface area contributed by atoms with Crippen molar-refractivity contribution >= 4 is 29.1 Å². The molecule has 104 valence electrons. The van der Waals surface area contributed by atoms with Crippen LogP contribution in [0.25, 0.3) is 0 Å². The summed E-state index contributed by atoms with van der Waals surface area (Å²) in [4.78, 5) is 11.9. The molecule has 0 saturated heterocycles. The molecule has 0 atom stereocenters. The highest BCUT2D eigenvalue weighted by Crippen LogP contribution is 2.24. The summed E-state index contributed by atoms with van der Waals surface area (Å²) in [5, 5.41) is 2.50. The zero-order chi connectivity index (χ0) is 14.0. The van der Waals surface area contributed by atoms with Crippen LogP contribution >= 0.6 is 23.2 Å². The van der Waals surface area contributed by atoms with E-state index in [1.165, 1.54) is 0 Å². The minimum Gasteiger partial charge on any atom is -0.349 e. The monoisotopic (exact) mass is 307 g/mol. The molecule has 1 N–H and O–H groups in total. The van der Waals surface area contributed by atoms with Crippen molar-refractivity contribution in [3.05, 3.63) is 34.4 Å². The predicted octanol–water partition coefficient (Wildman–Crippen LogP) is 3.90. The summed E-state index contributed by atoms with van der Waals surface area (Å²) in [6.45, 7) is 0. The number of carbonyl (C=O) groups excluding carboxylic acids is 1. The second-order valence-electron chi connectivity index (χ2n) is 4.67. The highest BCUT2D eigenvalue weighted by atomic mass is 35.5. The zero-order valence-corrected chi connectivity index (χ0v) is 11.6. The van der Waals surface area contributed by atoms with Crippen LogP contribution < -0.4 is 5.32 Å². The minimum atomic E-state index is -0.824. The van der Waals surface area contributed by atoms with E-state index in [0.717, 1.165) is 37.8 Å². The van der Waals surface area contributed by atoms with E-state index in [1.54, 1.807) is 0 Å². The summed E-state index contributed by atoms with van der Waals surface area (Å²) >= 11 is 11.4. The molecule has 0 spiro atoms. The molecule has 6 heteroatoms. The summed E-state index contributed by atoms with van der Waals surface area (Å²) in [6.07, 6.45) is 3.11. The molecule has 0 unspecified atom stereocenters. The Morgan fingerprint density at radius 2 is 1.79 bits per heavy atom. The minimum absolute atomic E-state index is 0.0411. The fourth-order valence-electron chi connectivity index (χ4n) is 2.16. The first-order chi connectivity index (χ1) is 8.97. The van der Waals surface area contributed by atoms with Crippen LogP contribution in [0.5, 0.6) is 0 Å². The molecule has 2 rings (SSSR count). The molecule has 1 aromatic carbocycles. The van der Waals surface area contributed by atoms with Crippen LogP contribution in [0.3, 0.4) is 0 Å². The van der Waals surface area contributed by atoms with Gasteiger partial charge in [-0.25, -0.2) is 8.78 Å². The number of halogens is 4. The van der Waals surface area contributed by atoms with E-state index in [4.69, 9.17) is 23.2 Å². The molecule has 1 saturated carbocycles. The summed E-state index contributed by atoms with van der Waals surface area (Å²) in [5.41, 5.74) is -0.324. The molecule has 1 amide bonds. The fourth-order valence-corrected chi connectivity index (χ4v) is 2.56. The summed E-state index contributed by atoms with van der Waals surface area (Å²) in [7, 11) is 0. The lowest BCUT2D eigenvalue weighted by Crippen LogP contribution is -2.38. The van der Waals surface area contributed by atoms with Gasteiger partial charge < -0.3 is 5.32 Å². The first-order valence-corrected chi connectivity index (χ1v) is 6.88. The normalized spacial score (nSPS) is 23.2. The maximum Gasteiger partial charge on any atom is 0.254 e. The number of hydrogen-bond acceptors (Lipinski definition) is 1.